The highest BCUT2D eigenvalue weighted by Gasteiger charge is 2.10. The largest absolute Gasteiger partial charge is 0.493 e. The third-order valence-corrected chi connectivity index (χ3v) is 4.31. The average molecular weight is 300 g/mol. The van der Waals surface area contributed by atoms with E-state index in [1.54, 1.807) is 0 Å². The number of aromatic nitrogens is 1. The van der Waals surface area contributed by atoms with Gasteiger partial charge in [0.2, 0.25) is 5.88 Å². The summed E-state index contributed by atoms with van der Waals surface area (Å²) in [5, 5.41) is 9.74. The van der Waals surface area contributed by atoms with Crippen LogP contribution in [0.2, 0.25) is 0 Å². The van der Waals surface area contributed by atoms with Gasteiger partial charge in [0.15, 0.2) is 3.95 Å². The van der Waals surface area contributed by atoms with Crippen LogP contribution in [0.25, 0.3) is 0 Å². The molecule has 0 radical (unpaired) electrons. The summed E-state index contributed by atoms with van der Waals surface area (Å²) in [7, 11) is 0. The number of H-pyrrole nitrogens is 1. The Kier molecular flexibility index (Phi) is 7.98. The third-order valence-electron chi connectivity index (χ3n) is 3.04. The van der Waals surface area contributed by atoms with E-state index in [2.05, 4.69) is 23.8 Å². The highest BCUT2D eigenvalue weighted by atomic mass is 32.1. The topological polar surface area (TPSA) is 48.4 Å². The van der Waals surface area contributed by atoms with Crippen LogP contribution in [0.5, 0.6) is 5.88 Å². The fourth-order valence-corrected chi connectivity index (χ4v) is 3.12. The molecule has 0 atom stereocenters. The van der Waals surface area contributed by atoms with Crippen molar-refractivity contribution in [1.29, 1.82) is 0 Å². The molecule has 2 N–H and O–H groups in total. The van der Waals surface area contributed by atoms with Crippen LogP contribution in [-0.2, 0) is 0 Å². The number of hydrogen-bond acceptors (Lipinski definition) is 4. The maximum atomic E-state index is 9.74. The van der Waals surface area contributed by atoms with Gasteiger partial charge < -0.3 is 10.1 Å². The number of aliphatic imine (C=N–C) groups is 1. The minimum atomic E-state index is 0.165. The number of aromatic hydroxyl groups is 1. The van der Waals surface area contributed by atoms with Crippen LogP contribution in [0.1, 0.15) is 63.7 Å². The Hall–Kier alpha value is -0.680. The lowest BCUT2D eigenvalue weighted by atomic mass is 10.1. The fraction of sp³-hybridized carbons (Fsp3) is 0.714. The summed E-state index contributed by atoms with van der Waals surface area (Å²) in [5.41, 5.74) is 0.961. The van der Waals surface area contributed by atoms with E-state index < -0.39 is 0 Å². The minimum Gasteiger partial charge on any atom is -0.493 e. The molecule has 0 amide bonds. The average Bonchev–Trinajstić information content (AvgIpc) is 2.72. The second-order valence-corrected chi connectivity index (χ2v) is 6.33. The van der Waals surface area contributed by atoms with Crippen molar-refractivity contribution in [2.24, 2.45) is 4.99 Å². The van der Waals surface area contributed by atoms with Crippen molar-refractivity contribution >= 4 is 29.3 Å². The lowest BCUT2D eigenvalue weighted by Crippen LogP contribution is -1.98. The van der Waals surface area contributed by atoms with Gasteiger partial charge in [-0.25, -0.2) is 0 Å². The van der Waals surface area contributed by atoms with E-state index in [1.165, 1.54) is 43.4 Å². The highest BCUT2D eigenvalue weighted by Crippen LogP contribution is 2.23. The molecule has 0 fully saturated rings. The zero-order chi connectivity index (χ0) is 14.1. The van der Waals surface area contributed by atoms with E-state index in [0.29, 0.717) is 3.95 Å². The number of thiazole rings is 1. The van der Waals surface area contributed by atoms with E-state index in [-0.39, 0.29) is 5.88 Å². The molecule has 108 valence electrons. The van der Waals surface area contributed by atoms with Gasteiger partial charge in [0.05, 0.1) is 5.71 Å². The summed E-state index contributed by atoms with van der Waals surface area (Å²) in [6, 6.07) is 0. The standard InChI is InChI=1S/C14H24N2OS2/c1-3-5-6-7-8-9-10-15-11(4-2)12-13(17)16-14(18)19-12/h17H,3-10H2,1-2H3,(H,16,18). The number of unbranched alkanes of at least 4 members (excludes halogenated alkanes) is 5. The van der Waals surface area contributed by atoms with Crippen LogP contribution in [0, 0.1) is 3.95 Å². The van der Waals surface area contributed by atoms with Crippen molar-refractivity contribution in [2.45, 2.75) is 58.8 Å². The second-order valence-electron chi connectivity index (χ2n) is 4.64. The molecule has 0 aliphatic rings. The van der Waals surface area contributed by atoms with Crippen LogP contribution >= 0.6 is 23.6 Å². The molecule has 0 unspecified atom stereocenters. The summed E-state index contributed by atoms with van der Waals surface area (Å²) in [5.74, 6) is 0.165. The zero-order valence-electron chi connectivity index (χ0n) is 11.9. The number of nitrogens with one attached hydrogen (secondary N) is 1. The third kappa shape index (κ3) is 5.87. The molecule has 1 aromatic rings. The van der Waals surface area contributed by atoms with Gasteiger partial charge in [-0.15, -0.1) is 0 Å². The van der Waals surface area contributed by atoms with Crippen LogP contribution in [-0.4, -0.2) is 22.3 Å². The number of hydrogen-bond donors (Lipinski definition) is 2. The smallest absolute Gasteiger partial charge is 0.209 e. The summed E-state index contributed by atoms with van der Waals surface area (Å²) < 4.78 is 0.605. The quantitative estimate of drug-likeness (QED) is 0.380. The Morgan fingerprint density at radius 1 is 1.21 bits per heavy atom. The summed E-state index contributed by atoms with van der Waals surface area (Å²) in [6.07, 6.45) is 8.46. The van der Waals surface area contributed by atoms with Crippen molar-refractivity contribution in [3.63, 3.8) is 0 Å². The van der Waals surface area contributed by atoms with Gasteiger partial charge in [0.1, 0.15) is 4.88 Å². The normalized spacial score (nSPS) is 12.0. The molecule has 0 aliphatic heterocycles. The number of rotatable bonds is 9. The van der Waals surface area contributed by atoms with Crippen molar-refractivity contribution in [3.05, 3.63) is 8.83 Å². The van der Waals surface area contributed by atoms with Crippen molar-refractivity contribution in [2.75, 3.05) is 6.54 Å². The first-order valence-corrected chi connectivity index (χ1v) is 8.37. The first kappa shape index (κ1) is 16.4. The van der Waals surface area contributed by atoms with E-state index in [1.807, 2.05) is 0 Å². The summed E-state index contributed by atoms with van der Waals surface area (Å²) in [6.45, 7) is 5.14. The molecular weight excluding hydrogens is 276 g/mol. The monoisotopic (exact) mass is 300 g/mol. The maximum Gasteiger partial charge on any atom is 0.209 e. The predicted octanol–water partition coefficient (Wildman–Crippen LogP) is 5.07. The molecule has 1 heterocycles. The first-order chi connectivity index (χ1) is 9.19. The summed E-state index contributed by atoms with van der Waals surface area (Å²) in [4.78, 5) is 8.16. The van der Waals surface area contributed by atoms with E-state index in [4.69, 9.17) is 12.2 Å². The predicted molar refractivity (Wildman–Crippen MR) is 86.2 cm³/mol. The Morgan fingerprint density at radius 3 is 2.47 bits per heavy atom. The molecule has 0 saturated heterocycles. The van der Waals surface area contributed by atoms with Gasteiger partial charge in [-0.3, -0.25) is 4.99 Å². The molecule has 0 saturated carbocycles. The maximum absolute atomic E-state index is 9.74. The molecule has 0 spiro atoms. The van der Waals surface area contributed by atoms with Crippen molar-refractivity contribution < 1.29 is 5.11 Å². The van der Waals surface area contributed by atoms with Gasteiger partial charge in [-0.1, -0.05) is 57.3 Å². The van der Waals surface area contributed by atoms with Crippen LogP contribution < -0.4 is 0 Å². The molecule has 0 aromatic carbocycles. The second kappa shape index (κ2) is 9.26. The first-order valence-electron chi connectivity index (χ1n) is 7.14. The molecule has 0 aliphatic carbocycles. The van der Waals surface area contributed by atoms with Crippen LogP contribution in [0.3, 0.4) is 0 Å². The Labute approximate surface area is 124 Å². The van der Waals surface area contributed by atoms with Crippen LogP contribution in [0.15, 0.2) is 4.99 Å². The Balaban J connectivity index is 2.41. The fourth-order valence-electron chi connectivity index (χ4n) is 1.97. The van der Waals surface area contributed by atoms with Gasteiger partial charge >= 0.3 is 0 Å². The van der Waals surface area contributed by atoms with Crippen molar-refractivity contribution in [3.8, 4) is 5.88 Å². The molecule has 0 bridgehead atoms. The molecule has 3 nitrogen and oxygen atoms in total. The number of aromatic amines is 1. The van der Waals surface area contributed by atoms with E-state index in [0.717, 1.165) is 30.0 Å². The molecule has 5 heteroatoms. The van der Waals surface area contributed by atoms with Gasteiger partial charge in [-0.2, -0.15) is 0 Å². The van der Waals surface area contributed by atoms with E-state index >= 15 is 0 Å². The summed E-state index contributed by atoms with van der Waals surface area (Å²) >= 11 is 6.43. The zero-order valence-corrected chi connectivity index (χ0v) is 13.5. The Morgan fingerprint density at radius 2 is 1.89 bits per heavy atom. The van der Waals surface area contributed by atoms with Gasteiger partial charge in [0.25, 0.3) is 0 Å². The highest BCUT2D eigenvalue weighted by molar-refractivity contribution is 7.73. The SMILES string of the molecule is CCCCCCCCN=C(CC)c1sc(=S)[nH]c1O. The van der Waals surface area contributed by atoms with E-state index in [9.17, 15) is 5.11 Å². The molecule has 19 heavy (non-hydrogen) atoms. The lowest BCUT2D eigenvalue weighted by molar-refractivity contribution is 0.455. The van der Waals surface area contributed by atoms with Crippen molar-refractivity contribution in [1.82, 2.24) is 4.98 Å². The lowest BCUT2D eigenvalue weighted by Gasteiger charge is -2.02. The molecule has 1 aromatic heterocycles. The van der Waals surface area contributed by atoms with Gasteiger partial charge in [-0.05, 0) is 25.1 Å². The molecule has 1 rings (SSSR count). The minimum absolute atomic E-state index is 0.165. The Bertz CT molecular complexity index is 449. The van der Waals surface area contributed by atoms with Gasteiger partial charge in [0, 0.05) is 6.54 Å². The van der Waals surface area contributed by atoms with Crippen LogP contribution in [0.4, 0.5) is 0 Å². The number of nitrogens with zero attached hydrogens (tertiary/aromatic N) is 1. The molecular formula is C14H24N2OS2.